The fraction of sp³-hybridized carbons (Fsp3) is 0.0714. The fourth-order valence-corrected chi connectivity index (χ4v) is 3.40. The number of benzene rings is 2. The maximum Gasteiger partial charge on any atom is 0.326 e. The number of aliphatic carboxylic acids is 1. The van der Waals surface area contributed by atoms with Gasteiger partial charge >= 0.3 is 5.97 Å². The van der Waals surface area contributed by atoms with Gasteiger partial charge in [0.1, 0.15) is 0 Å². The lowest BCUT2D eigenvalue weighted by Crippen LogP contribution is -2.20. The predicted octanol–water partition coefficient (Wildman–Crippen LogP) is 3.35. The Labute approximate surface area is 131 Å². The van der Waals surface area contributed by atoms with Gasteiger partial charge in [-0.2, -0.15) is 0 Å². The minimum atomic E-state index is -3.88. The summed E-state index contributed by atoms with van der Waals surface area (Å²) in [5, 5.41) is 8.06. The summed E-state index contributed by atoms with van der Waals surface area (Å²) in [6, 6.07) is 13.5. The van der Waals surface area contributed by atoms with E-state index in [9.17, 15) is 13.6 Å². The number of carboxylic acid groups (broad SMARTS) is 1. The van der Waals surface area contributed by atoms with Gasteiger partial charge in [-0.05, 0) is 28.8 Å². The van der Waals surface area contributed by atoms with Crippen LogP contribution in [0, 0.1) is 0 Å². The van der Waals surface area contributed by atoms with Crippen LogP contribution in [0.2, 0.25) is 5.02 Å². The first-order valence-corrected chi connectivity index (χ1v) is 8.72. The molecule has 2 aromatic rings. The largest absolute Gasteiger partial charge is 0.480 e. The summed E-state index contributed by atoms with van der Waals surface area (Å²) >= 11 is 10.2. The topological polar surface area (TPSA) is 74.6 Å². The SMILES string of the molecule is O=C(O)C(c1ccc(-c2ccc(Cl)cc2)cc1)S(=O)(O)=S. The molecule has 0 spiro atoms. The second-order valence-electron chi connectivity index (χ2n) is 4.36. The molecule has 21 heavy (non-hydrogen) atoms. The van der Waals surface area contributed by atoms with Gasteiger partial charge in [-0.25, -0.2) is 4.21 Å². The van der Waals surface area contributed by atoms with Gasteiger partial charge in [-0.1, -0.05) is 48.0 Å². The number of hydrogen-bond donors (Lipinski definition) is 2. The van der Waals surface area contributed by atoms with Crippen LogP contribution in [0.1, 0.15) is 10.8 Å². The molecule has 0 fully saturated rings. The van der Waals surface area contributed by atoms with Crippen LogP contribution in [-0.2, 0) is 24.8 Å². The molecule has 4 nitrogen and oxygen atoms in total. The standard InChI is InChI=1S/C14H11ClO4S2/c15-12-7-5-10(6-8-12)9-1-3-11(4-2-9)13(14(16)17)21(18,19)20/h1-8,13H,(H,16,17)(H,18,19,20). The molecule has 0 aliphatic rings. The summed E-state index contributed by atoms with van der Waals surface area (Å²) in [5.74, 6) is -1.42. The molecule has 0 bridgehead atoms. The fourth-order valence-electron chi connectivity index (χ4n) is 1.93. The van der Waals surface area contributed by atoms with Crippen LogP contribution in [0.3, 0.4) is 0 Å². The van der Waals surface area contributed by atoms with Crippen molar-refractivity contribution in [3.05, 3.63) is 59.1 Å². The molecule has 0 aliphatic heterocycles. The molecule has 110 valence electrons. The highest BCUT2D eigenvalue weighted by Gasteiger charge is 2.29. The molecule has 7 heteroatoms. The van der Waals surface area contributed by atoms with Crippen molar-refractivity contribution in [3.63, 3.8) is 0 Å². The first kappa shape index (κ1) is 15.9. The van der Waals surface area contributed by atoms with Crippen LogP contribution in [0.5, 0.6) is 0 Å². The monoisotopic (exact) mass is 342 g/mol. The summed E-state index contributed by atoms with van der Waals surface area (Å²) in [4.78, 5) is 11.1. The number of carbonyl (C=O) groups is 1. The van der Waals surface area contributed by atoms with Crippen molar-refractivity contribution < 1.29 is 18.7 Å². The van der Waals surface area contributed by atoms with Crippen molar-refractivity contribution in [3.8, 4) is 11.1 Å². The van der Waals surface area contributed by atoms with Crippen molar-refractivity contribution in [1.29, 1.82) is 0 Å². The van der Waals surface area contributed by atoms with Crippen LogP contribution in [0.25, 0.3) is 11.1 Å². The van der Waals surface area contributed by atoms with Gasteiger partial charge < -0.3 is 9.66 Å². The van der Waals surface area contributed by atoms with Gasteiger partial charge in [0.2, 0.25) is 0 Å². The Kier molecular flexibility index (Phi) is 4.63. The molecule has 2 N–H and O–H groups in total. The summed E-state index contributed by atoms with van der Waals surface area (Å²) in [5.41, 5.74) is 1.94. The average molecular weight is 343 g/mol. The van der Waals surface area contributed by atoms with E-state index in [1.165, 1.54) is 12.1 Å². The van der Waals surface area contributed by atoms with Crippen molar-refractivity contribution >= 4 is 37.5 Å². The first-order chi connectivity index (χ1) is 9.79. The van der Waals surface area contributed by atoms with E-state index in [0.29, 0.717) is 5.02 Å². The Morgan fingerprint density at radius 2 is 1.48 bits per heavy atom. The Morgan fingerprint density at radius 3 is 1.86 bits per heavy atom. The second-order valence-corrected chi connectivity index (χ2v) is 7.73. The third-order valence-corrected chi connectivity index (χ3v) is 4.81. The zero-order valence-corrected chi connectivity index (χ0v) is 13.0. The molecule has 0 radical (unpaired) electrons. The van der Waals surface area contributed by atoms with E-state index in [1.807, 2.05) is 12.1 Å². The smallest absolute Gasteiger partial charge is 0.326 e. The first-order valence-electron chi connectivity index (χ1n) is 5.84. The highest BCUT2D eigenvalue weighted by atomic mass is 35.5. The van der Waals surface area contributed by atoms with Crippen molar-refractivity contribution in [2.45, 2.75) is 5.25 Å². The van der Waals surface area contributed by atoms with Gasteiger partial charge in [0.15, 0.2) is 14.0 Å². The van der Waals surface area contributed by atoms with Gasteiger partial charge in [-0.3, -0.25) is 4.79 Å². The van der Waals surface area contributed by atoms with E-state index in [-0.39, 0.29) is 5.56 Å². The molecular weight excluding hydrogens is 332 g/mol. The summed E-state index contributed by atoms with van der Waals surface area (Å²) < 4.78 is 20.9. The number of rotatable bonds is 4. The molecule has 2 atom stereocenters. The molecule has 0 saturated carbocycles. The van der Waals surface area contributed by atoms with Crippen LogP contribution >= 0.6 is 11.6 Å². The Balaban J connectivity index is 2.38. The lowest BCUT2D eigenvalue weighted by molar-refractivity contribution is -0.136. The Hall–Kier alpha value is -1.47. The number of hydrogen-bond acceptors (Lipinski definition) is 3. The highest BCUT2D eigenvalue weighted by Crippen LogP contribution is 2.26. The van der Waals surface area contributed by atoms with Crippen molar-refractivity contribution in [1.82, 2.24) is 0 Å². The van der Waals surface area contributed by atoms with Crippen LogP contribution < -0.4 is 0 Å². The number of carboxylic acids is 1. The lowest BCUT2D eigenvalue weighted by Gasteiger charge is -2.12. The van der Waals surface area contributed by atoms with Gasteiger partial charge in [-0.15, -0.1) is 0 Å². The summed E-state index contributed by atoms with van der Waals surface area (Å²) in [6.45, 7) is 0. The third-order valence-electron chi connectivity index (χ3n) is 2.91. The van der Waals surface area contributed by atoms with Gasteiger partial charge in [0.25, 0.3) is 0 Å². The predicted molar refractivity (Wildman–Crippen MR) is 85.4 cm³/mol. The molecule has 2 aromatic carbocycles. The number of halogens is 1. The van der Waals surface area contributed by atoms with E-state index in [2.05, 4.69) is 11.2 Å². The molecular formula is C14H11ClO4S2. The van der Waals surface area contributed by atoms with E-state index in [0.717, 1.165) is 11.1 Å². The maximum atomic E-state index is 11.5. The molecule has 2 rings (SSSR count). The molecule has 0 saturated heterocycles. The molecule has 2 unspecified atom stereocenters. The van der Waals surface area contributed by atoms with E-state index < -0.39 is 20.0 Å². The second kappa shape index (κ2) is 6.11. The normalized spacial score (nSPS) is 15.1. The minimum Gasteiger partial charge on any atom is -0.480 e. The van der Waals surface area contributed by atoms with Crippen LogP contribution in [-0.4, -0.2) is 19.8 Å². The maximum absolute atomic E-state index is 11.5. The van der Waals surface area contributed by atoms with Gasteiger partial charge in [0, 0.05) is 16.2 Å². The van der Waals surface area contributed by atoms with Gasteiger partial charge in [0.05, 0.1) is 0 Å². The molecule has 0 amide bonds. The highest BCUT2D eigenvalue weighted by molar-refractivity contribution is 8.30. The summed E-state index contributed by atoms with van der Waals surface area (Å²) in [6.07, 6.45) is 0. The lowest BCUT2D eigenvalue weighted by atomic mass is 10.0. The molecule has 0 heterocycles. The van der Waals surface area contributed by atoms with Crippen molar-refractivity contribution in [2.75, 3.05) is 0 Å². The zero-order valence-electron chi connectivity index (χ0n) is 10.6. The summed E-state index contributed by atoms with van der Waals surface area (Å²) in [7, 11) is -3.88. The average Bonchev–Trinajstić information content (AvgIpc) is 2.38. The van der Waals surface area contributed by atoms with E-state index in [1.54, 1.807) is 24.3 Å². The van der Waals surface area contributed by atoms with Crippen LogP contribution in [0.15, 0.2) is 48.5 Å². The molecule has 0 aliphatic carbocycles. The van der Waals surface area contributed by atoms with Crippen molar-refractivity contribution in [2.24, 2.45) is 0 Å². The van der Waals surface area contributed by atoms with E-state index in [4.69, 9.17) is 16.7 Å². The van der Waals surface area contributed by atoms with E-state index >= 15 is 0 Å². The Bertz CT molecular complexity index is 753. The molecule has 0 aromatic heterocycles. The third kappa shape index (κ3) is 3.79. The quantitative estimate of drug-likeness (QED) is 0.891. The Morgan fingerprint density at radius 1 is 1.05 bits per heavy atom. The minimum absolute atomic E-state index is 0.197. The zero-order chi connectivity index (χ0) is 15.6. The van der Waals surface area contributed by atoms with Crippen LogP contribution in [0.4, 0.5) is 0 Å².